The van der Waals surface area contributed by atoms with Crippen molar-refractivity contribution >= 4 is 5.91 Å². The molecule has 1 fully saturated rings. The highest BCUT2D eigenvalue weighted by molar-refractivity contribution is 5.81. The van der Waals surface area contributed by atoms with E-state index in [4.69, 9.17) is 4.74 Å². The Hall–Kier alpha value is -1.62. The minimum Gasteiger partial charge on any atom is -0.479 e. The minimum absolute atomic E-state index is 0.0174. The summed E-state index contributed by atoms with van der Waals surface area (Å²) in [7, 11) is 0. The number of hydrogen-bond donors (Lipinski definition) is 2. The molecule has 20 heavy (non-hydrogen) atoms. The quantitative estimate of drug-likeness (QED) is 0.776. The summed E-state index contributed by atoms with van der Waals surface area (Å²) in [4.78, 5) is 16.1. The maximum atomic E-state index is 11.8. The van der Waals surface area contributed by atoms with Crippen LogP contribution >= 0.6 is 0 Å². The van der Waals surface area contributed by atoms with Gasteiger partial charge in [-0.15, -0.1) is 0 Å². The van der Waals surface area contributed by atoms with Crippen molar-refractivity contribution in [3.05, 3.63) is 24.0 Å². The lowest BCUT2D eigenvalue weighted by Gasteiger charge is -2.15. The van der Waals surface area contributed by atoms with Gasteiger partial charge in [-0.1, -0.05) is 6.92 Å². The summed E-state index contributed by atoms with van der Waals surface area (Å²) in [6.45, 7) is 4.63. The Kier molecular flexibility index (Phi) is 5.80. The second kappa shape index (κ2) is 7.85. The second-order valence-electron chi connectivity index (χ2n) is 5.06. The van der Waals surface area contributed by atoms with Gasteiger partial charge in [-0.05, 0) is 44.4 Å². The fourth-order valence-electron chi connectivity index (χ4n) is 2.17. The summed E-state index contributed by atoms with van der Waals surface area (Å²) in [5.74, 6) is 0.641. The van der Waals surface area contributed by atoms with Crippen LogP contribution in [0.3, 0.4) is 0 Å². The average Bonchev–Trinajstić information content (AvgIpc) is 2.66. The molecule has 1 saturated heterocycles. The Labute approximate surface area is 120 Å². The van der Waals surface area contributed by atoms with E-state index in [1.54, 1.807) is 6.20 Å². The standard InChI is InChI=1S/C15H23N3O2/c1-2-8-16-10-12-6-7-13(11-18-12)20-14-5-3-4-9-17-15(14)19/h6-7,11,14,16H,2-5,8-10H2,1H3,(H,17,19). The summed E-state index contributed by atoms with van der Waals surface area (Å²) >= 11 is 0. The first-order chi connectivity index (χ1) is 9.79. The summed E-state index contributed by atoms with van der Waals surface area (Å²) in [6, 6.07) is 3.82. The van der Waals surface area contributed by atoms with Crippen LogP contribution in [0.25, 0.3) is 0 Å². The predicted molar refractivity (Wildman–Crippen MR) is 77.5 cm³/mol. The van der Waals surface area contributed by atoms with Crippen molar-refractivity contribution in [1.29, 1.82) is 0 Å². The number of hydrogen-bond acceptors (Lipinski definition) is 4. The van der Waals surface area contributed by atoms with E-state index in [1.165, 1.54) is 0 Å². The normalized spacial score (nSPS) is 19.2. The van der Waals surface area contributed by atoms with Crippen LogP contribution < -0.4 is 15.4 Å². The van der Waals surface area contributed by atoms with E-state index in [-0.39, 0.29) is 12.0 Å². The van der Waals surface area contributed by atoms with E-state index in [1.807, 2.05) is 12.1 Å². The van der Waals surface area contributed by atoms with Crippen LogP contribution in [-0.4, -0.2) is 30.1 Å². The zero-order valence-corrected chi connectivity index (χ0v) is 12.0. The van der Waals surface area contributed by atoms with E-state index >= 15 is 0 Å². The van der Waals surface area contributed by atoms with Crippen LogP contribution in [-0.2, 0) is 11.3 Å². The molecular formula is C15H23N3O2. The Morgan fingerprint density at radius 1 is 1.45 bits per heavy atom. The Bertz CT molecular complexity index is 420. The molecule has 1 amide bonds. The molecule has 5 heteroatoms. The monoisotopic (exact) mass is 277 g/mol. The van der Waals surface area contributed by atoms with E-state index in [9.17, 15) is 4.79 Å². The molecule has 2 N–H and O–H groups in total. The molecule has 2 rings (SSSR count). The van der Waals surface area contributed by atoms with Crippen molar-refractivity contribution < 1.29 is 9.53 Å². The number of nitrogens with zero attached hydrogens (tertiary/aromatic N) is 1. The first-order valence-electron chi connectivity index (χ1n) is 7.39. The van der Waals surface area contributed by atoms with Crippen molar-refractivity contribution in [3.8, 4) is 5.75 Å². The lowest BCUT2D eigenvalue weighted by molar-refractivity contribution is -0.127. The molecule has 1 aliphatic heterocycles. The number of carbonyl (C=O) groups is 1. The average molecular weight is 277 g/mol. The van der Waals surface area contributed by atoms with Crippen LogP contribution in [0.2, 0.25) is 0 Å². The highest BCUT2D eigenvalue weighted by atomic mass is 16.5. The highest BCUT2D eigenvalue weighted by Gasteiger charge is 2.22. The Morgan fingerprint density at radius 3 is 3.10 bits per heavy atom. The summed E-state index contributed by atoms with van der Waals surface area (Å²) in [5.41, 5.74) is 0.983. The van der Waals surface area contributed by atoms with Crippen LogP contribution in [0.15, 0.2) is 18.3 Å². The zero-order valence-electron chi connectivity index (χ0n) is 12.0. The molecule has 110 valence electrons. The molecule has 0 aromatic carbocycles. The van der Waals surface area contributed by atoms with Gasteiger partial charge in [-0.25, -0.2) is 0 Å². The minimum atomic E-state index is -0.386. The highest BCUT2D eigenvalue weighted by Crippen LogP contribution is 2.16. The third-order valence-electron chi connectivity index (χ3n) is 3.29. The zero-order chi connectivity index (χ0) is 14.2. The number of ether oxygens (including phenoxy) is 1. The number of rotatable bonds is 6. The summed E-state index contributed by atoms with van der Waals surface area (Å²) in [6.07, 6.45) is 5.22. The van der Waals surface area contributed by atoms with Gasteiger partial charge in [0.2, 0.25) is 0 Å². The molecule has 0 bridgehead atoms. The van der Waals surface area contributed by atoms with E-state index in [0.717, 1.165) is 51.0 Å². The maximum absolute atomic E-state index is 11.8. The van der Waals surface area contributed by atoms with Gasteiger partial charge in [0.05, 0.1) is 11.9 Å². The number of pyridine rings is 1. The van der Waals surface area contributed by atoms with Gasteiger partial charge in [0.1, 0.15) is 5.75 Å². The molecular weight excluding hydrogens is 254 g/mol. The summed E-state index contributed by atoms with van der Waals surface area (Å²) in [5, 5.41) is 6.17. The molecule has 1 aromatic heterocycles. The molecule has 1 aromatic rings. The molecule has 0 spiro atoms. The predicted octanol–water partition coefficient (Wildman–Crippen LogP) is 1.63. The van der Waals surface area contributed by atoms with Crippen molar-refractivity contribution in [2.75, 3.05) is 13.1 Å². The van der Waals surface area contributed by atoms with Gasteiger partial charge >= 0.3 is 0 Å². The first-order valence-corrected chi connectivity index (χ1v) is 7.39. The van der Waals surface area contributed by atoms with Crippen molar-refractivity contribution in [1.82, 2.24) is 15.6 Å². The lowest BCUT2D eigenvalue weighted by atomic mass is 10.2. The maximum Gasteiger partial charge on any atom is 0.261 e. The van der Waals surface area contributed by atoms with Crippen molar-refractivity contribution in [2.24, 2.45) is 0 Å². The number of carbonyl (C=O) groups excluding carboxylic acids is 1. The molecule has 0 aliphatic carbocycles. The lowest BCUT2D eigenvalue weighted by Crippen LogP contribution is -2.36. The van der Waals surface area contributed by atoms with Gasteiger partial charge in [0.15, 0.2) is 6.10 Å². The molecule has 5 nitrogen and oxygen atoms in total. The molecule has 1 aliphatic rings. The first kappa shape index (κ1) is 14.8. The fourth-order valence-corrected chi connectivity index (χ4v) is 2.17. The number of amides is 1. The third kappa shape index (κ3) is 4.49. The molecule has 2 heterocycles. The fraction of sp³-hybridized carbons (Fsp3) is 0.600. The second-order valence-corrected chi connectivity index (χ2v) is 5.06. The smallest absolute Gasteiger partial charge is 0.261 e. The Morgan fingerprint density at radius 2 is 2.35 bits per heavy atom. The molecule has 0 radical (unpaired) electrons. The topological polar surface area (TPSA) is 63.2 Å². The van der Waals surface area contributed by atoms with Crippen LogP contribution in [0, 0.1) is 0 Å². The number of nitrogens with one attached hydrogen (secondary N) is 2. The van der Waals surface area contributed by atoms with E-state index in [2.05, 4.69) is 22.5 Å². The van der Waals surface area contributed by atoms with Crippen molar-refractivity contribution in [2.45, 2.75) is 45.3 Å². The van der Waals surface area contributed by atoms with Crippen LogP contribution in [0.5, 0.6) is 5.75 Å². The van der Waals surface area contributed by atoms with Gasteiger partial charge in [-0.3, -0.25) is 9.78 Å². The number of aromatic nitrogens is 1. The Balaban J connectivity index is 1.87. The van der Waals surface area contributed by atoms with Crippen LogP contribution in [0.4, 0.5) is 0 Å². The largest absolute Gasteiger partial charge is 0.479 e. The van der Waals surface area contributed by atoms with E-state index in [0.29, 0.717) is 5.75 Å². The molecule has 1 atom stereocenters. The van der Waals surface area contributed by atoms with Crippen molar-refractivity contribution in [3.63, 3.8) is 0 Å². The van der Waals surface area contributed by atoms with Gasteiger partial charge in [-0.2, -0.15) is 0 Å². The van der Waals surface area contributed by atoms with Gasteiger partial charge in [0, 0.05) is 13.1 Å². The van der Waals surface area contributed by atoms with Crippen LogP contribution in [0.1, 0.15) is 38.3 Å². The third-order valence-corrected chi connectivity index (χ3v) is 3.29. The summed E-state index contributed by atoms with van der Waals surface area (Å²) < 4.78 is 5.73. The van der Waals surface area contributed by atoms with Gasteiger partial charge in [0.25, 0.3) is 5.91 Å². The molecule has 0 saturated carbocycles. The molecule has 1 unspecified atom stereocenters. The SMILES string of the molecule is CCCNCc1ccc(OC2CCCCNC2=O)cn1. The van der Waals surface area contributed by atoms with Gasteiger partial charge < -0.3 is 15.4 Å². The van der Waals surface area contributed by atoms with E-state index < -0.39 is 0 Å².